The fourth-order valence-corrected chi connectivity index (χ4v) is 2.19. The Morgan fingerprint density at radius 3 is 2.39 bits per heavy atom. The topological polar surface area (TPSA) is 52.6 Å². The van der Waals surface area contributed by atoms with Crippen LogP contribution in [0.15, 0.2) is 0 Å². The summed E-state index contributed by atoms with van der Waals surface area (Å²) in [5.74, 6) is -2.13. The van der Waals surface area contributed by atoms with Crippen LogP contribution < -0.4 is 5.32 Å². The molecule has 0 aromatic rings. The standard InChI is InChI=1S/C11H19F3N2O2/c1-15-9(10(17)18)4-7-16-5-2-8(3-6-16)11(12,13)14/h8-9,15H,2-7H2,1H3,(H,17,18). The zero-order valence-electron chi connectivity index (χ0n) is 10.3. The Morgan fingerprint density at radius 2 is 2.00 bits per heavy atom. The summed E-state index contributed by atoms with van der Waals surface area (Å²) >= 11 is 0. The molecule has 2 N–H and O–H groups in total. The highest BCUT2D eigenvalue weighted by molar-refractivity contribution is 5.73. The molecule has 0 aromatic heterocycles. The first kappa shape index (κ1) is 15.2. The number of alkyl halides is 3. The lowest BCUT2D eigenvalue weighted by atomic mass is 9.96. The van der Waals surface area contributed by atoms with Crippen molar-refractivity contribution in [1.29, 1.82) is 0 Å². The van der Waals surface area contributed by atoms with Gasteiger partial charge in [-0.1, -0.05) is 0 Å². The van der Waals surface area contributed by atoms with Crippen molar-refractivity contribution < 1.29 is 23.1 Å². The fourth-order valence-electron chi connectivity index (χ4n) is 2.19. The third-order valence-corrected chi connectivity index (χ3v) is 3.43. The monoisotopic (exact) mass is 268 g/mol. The Morgan fingerprint density at radius 1 is 1.44 bits per heavy atom. The third-order valence-electron chi connectivity index (χ3n) is 3.43. The molecule has 1 aliphatic rings. The van der Waals surface area contributed by atoms with Crippen molar-refractivity contribution in [2.75, 3.05) is 26.7 Å². The van der Waals surface area contributed by atoms with Crippen molar-refractivity contribution in [2.24, 2.45) is 5.92 Å². The quantitative estimate of drug-likeness (QED) is 0.789. The number of carboxylic acid groups (broad SMARTS) is 1. The zero-order chi connectivity index (χ0) is 13.8. The van der Waals surface area contributed by atoms with E-state index in [9.17, 15) is 18.0 Å². The van der Waals surface area contributed by atoms with E-state index in [2.05, 4.69) is 5.32 Å². The van der Waals surface area contributed by atoms with Crippen molar-refractivity contribution in [3.63, 3.8) is 0 Å². The molecule has 1 saturated heterocycles. The molecule has 1 aliphatic heterocycles. The van der Waals surface area contributed by atoms with Crippen LogP contribution in [0.25, 0.3) is 0 Å². The Balaban J connectivity index is 2.30. The molecule has 4 nitrogen and oxygen atoms in total. The van der Waals surface area contributed by atoms with E-state index in [-0.39, 0.29) is 12.8 Å². The lowest BCUT2D eigenvalue weighted by molar-refractivity contribution is -0.185. The molecule has 0 saturated carbocycles. The predicted molar refractivity (Wildman–Crippen MR) is 60.3 cm³/mol. The minimum absolute atomic E-state index is 0.112. The van der Waals surface area contributed by atoms with Gasteiger partial charge in [-0.25, -0.2) is 0 Å². The van der Waals surface area contributed by atoms with Crippen LogP contribution in [0.2, 0.25) is 0 Å². The molecule has 0 bridgehead atoms. The van der Waals surface area contributed by atoms with E-state index in [1.54, 1.807) is 7.05 Å². The van der Waals surface area contributed by atoms with Gasteiger partial charge in [0.15, 0.2) is 0 Å². The van der Waals surface area contributed by atoms with E-state index in [0.29, 0.717) is 26.1 Å². The molecule has 106 valence electrons. The van der Waals surface area contributed by atoms with Crippen LogP contribution in [0, 0.1) is 5.92 Å². The van der Waals surface area contributed by atoms with E-state index < -0.39 is 24.1 Å². The second-order valence-electron chi connectivity index (χ2n) is 4.63. The van der Waals surface area contributed by atoms with Crippen molar-refractivity contribution in [3.05, 3.63) is 0 Å². The van der Waals surface area contributed by atoms with Gasteiger partial charge in [-0.15, -0.1) is 0 Å². The number of likely N-dealkylation sites (N-methyl/N-ethyl adjacent to an activating group) is 1. The number of nitrogens with zero attached hydrogens (tertiary/aromatic N) is 1. The molecule has 1 atom stereocenters. The Bertz CT molecular complexity index is 276. The normalized spacial score (nSPS) is 20.9. The Hall–Kier alpha value is -0.820. The number of rotatable bonds is 5. The van der Waals surface area contributed by atoms with Gasteiger partial charge < -0.3 is 15.3 Å². The molecule has 0 spiro atoms. The molecule has 1 rings (SSSR count). The maximum absolute atomic E-state index is 12.4. The van der Waals surface area contributed by atoms with Gasteiger partial charge >= 0.3 is 12.1 Å². The fraction of sp³-hybridized carbons (Fsp3) is 0.909. The van der Waals surface area contributed by atoms with E-state index in [0.717, 1.165) is 0 Å². The molecule has 18 heavy (non-hydrogen) atoms. The number of aliphatic carboxylic acids is 1. The smallest absolute Gasteiger partial charge is 0.391 e. The Labute approximate surface area is 104 Å². The van der Waals surface area contributed by atoms with Gasteiger partial charge in [0.1, 0.15) is 6.04 Å². The first-order chi connectivity index (χ1) is 8.34. The molecule has 0 amide bonds. The second-order valence-corrected chi connectivity index (χ2v) is 4.63. The molecule has 1 heterocycles. The van der Waals surface area contributed by atoms with Crippen LogP contribution in [-0.4, -0.2) is 54.9 Å². The van der Waals surface area contributed by atoms with Gasteiger partial charge in [-0.2, -0.15) is 13.2 Å². The van der Waals surface area contributed by atoms with Crippen molar-refractivity contribution in [2.45, 2.75) is 31.5 Å². The lowest BCUT2D eigenvalue weighted by Gasteiger charge is -2.33. The van der Waals surface area contributed by atoms with Crippen LogP contribution in [-0.2, 0) is 4.79 Å². The first-order valence-corrected chi connectivity index (χ1v) is 6.03. The highest BCUT2D eigenvalue weighted by Gasteiger charge is 2.40. The zero-order valence-corrected chi connectivity index (χ0v) is 10.3. The van der Waals surface area contributed by atoms with Gasteiger partial charge in [-0.05, 0) is 39.4 Å². The average Bonchev–Trinajstić information content (AvgIpc) is 2.29. The summed E-state index contributed by atoms with van der Waals surface area (Å²) in [6.45, 7) is 1.29. The lowest BCUT2D eigenvalue weighted by Crippen LogP contribution is -2.42. The van der Waals surface area contributed by atoms with Gasteiger partial charge in [0, 0.05) is 6.54 Å². The van der Waals surface area contributed by atoms with Crippen LogP contribution in [0.5, 0.6) is 0 Å². The summed E-state index contributed by atoms with van der Waals surface area (Å²) in [7, 11) is 1.56. The highest BCUT2D eigenvalue weighted by Crippen LogP contribution is 2.34. The summed E-state index contributed by atoms with van der Waals surface area (Å²) in [6.07, 6.45) is -3.47. The van der Waals surface area contributed by atoms with E-state index >= 15 is 0 Å². The number of hydrogen-bond donors (Lipinski definition) is 2. The first-order valence-electron chi connectivity index (χ1n) is 6.03. The maximum Gasteiger partial charge on any atom is 0.391 e. The molecule has 0 aliphatic carbocycles. The van der Waals surface area contributed by atoms with Crippen molar-refractivity contribution >= 4 is 5.97 Å². The third kappa shape index (κ3) is 4.45. The van der Waals surface area contributed by atoms with Crippen LogP contribution in [0.4, 0.5) is 13.2 Å². The molecular weight excluding hydrogens is 249 g/mol. The second kappa shape index (κ2) is 6.38. The number of piperidine rings is 1. The number of likely N-dealkylation sites (tertiary alicyclic amines) is 1. The molecule has 0 aromatic carbocycles. The van der Waals surface area contributed by atoms with Gasteiger partial charge in [0.25, 0.3) is 0 Å². The summed E-state index contributed by atoms with van der Waals surface area (Å²) in [6, 6.07) is -0.634. The summed E-state index contributed by atoms with van der Waals surface area (Å²) < 4.78 is 37.3. The minimum Gasteiger partial charge on any atom is -0.480 e. The van der Waals surface area contributed by atoms with E-state index in [1.165, 1.54) is 0 Å². The maximum atomic E-state index is 12.4. The van der Waals surface area contributed by atoms with Crippen LogP contribution >= 0.6 is 0 Å². The molecule has 7 heteroatoms. The number of carbonyl (C=O) groups is 1. The summed E-state index contributed by atoms with van der Waals surface area (Å²) in [5, 5.41) is 11.5. The predicted octanol–water partition coefficient (Wildman–Crippen LogP) is 1.32. The number of carboxylic acids is 1. The summed E-state index contributed by atoms with van der Waals surface area (Å²) in [4.78, 5) is 12.7. The number of nitrogens with one attached hydrogen (secondary N) is 1. The van der Waals surface area contributed by atoms with Crippen LogP contribution in [0.1, 0.15) is 19.3 Å². The molecule has 1 unspecified atom stereocenters. The molecule has 1 fully saturated rings. The van der Waals surface area contributed by atoms with Gasteiger partial charge in [-0.3, -0.25) is 4.79 Å². The Kier molecular flexibility index (Phi) is 5.40. The van der Waals surface area contributed by atoms with Crippen LogP contribution in [0.3, 0.4) is 0 Å². The number of halogens is 3. The van der Waals surface area contributed by atoms with Gasteiger partial charge in [0.2, 0.25) is 0 Å². The number of hydrogen-bond acceptors (Lipinski definition) is 3. The van der Waals surface area contributed by atoms with Crippen molar-refractivity contribution in [1.82, 2.24) is 10.2 Å². The van der Waals surface area contributed by atoms with E-state index in [4.69, 9.17) is 5.11 Å². The van der Waals surface area contributed by atoms with Crippen molar-refractivity contribution in [3.8, 4) is 0 Å². The largest absolute Gasteiger partial charge is 0.480 e. The average molecular weight is 268 g/mol. The highest BCUT2D eigenvalue weighted by atomic mass is 19.4. The molecular formula is C11H19F3N2O2. The minimum atomic E-state index is -4.10. The molecule has 0 radical (unpaired) electrons. The SMILES string of the molecule is CNC(CCN1CCC(C(F)(F)F)CC1)C(=O)O. The summed E-state index contributed by atoms with van der Waals surface area (Å²) in [5.41, 5.74) is 0. The van der Waals surface area contributed by atoms with Gasteiger partial charge in [0.05, 0.1) is 5.92 Å². The van der Waals surface area contributed by atoms with E-state index in [1.807, 2.05) is 4.90 Å².